The molecule has 1 fully saturated rings. The predicted octanol–water partition coefficient (Wildman–Crippen LogP) is 1.75. The van der Waals surface area contributed by atoms with Crippen LogP contribution in [-0.4, -0.2) is 16.8 Å². The van der Waals surface area contributed by atoms with Gasteiger partial charge >= 0.3 is 0 Å². The number of benzene rings is 1. The number of thiocarbonyl (C=S) groups is 1. The van der Waals surface area contributed by atoms with Crippen molar-refractivity contribution >= 4 is 34.7 Å². The van der Waals surface area contributed by atoms with E-state index in [0.29, 0.717) is 24.1 Å². The first kappa shape index (κ1) is 12.7. The maximum atomic E-state index is 11.9. The largest absolute Gasteiger partial charge is 0.389 e. The number of nitrogens with zero attached hydrogens (tertiary/aromatic N) is 1. The van der Waals surface area contributed by atoms with Crippen molar-refractivity contribution in [3.8, 4) is 0 Å². The molecule has 18 heavy (non-hydrogen) atoms. The van der Waals surface area contributed by atoms with Crippen LogP contribution < -0.4 is 10.6 Å². The van der Waals surface area contributed by atoms with Crippen LogP contribution in [0.3, 0.4) is 0 Å². The van der Waals surface area contributed by atoms with Gasteiger partial charge in [-0.15, -0.1) is 0 Å². The molecule has 4 nitrogen and oxygen atoms in total. The molecule has 1 saturated heterocycles. The smallest absolute Gasteiger partial charge is 0.233 e. The Bertz CT molecular complexity index is 495. The van der Waals surface area contributed by atoms with Crippen LogP contribution in [0.1, 0.15) is 31.2 Å². The zero-order valence-electron chi connectivity index (χ0n) is 9.89. The van der Waals surface area contributed by atoms with E-state index in [1.54, 1.807) is 24.3 Å². The van der Waals surface area contributed by atoms with Gasteiger partial charge in [-0.05, 0) is 25.0 Å². The molecule has 1 heterocycles. The van der Waals surface area contributed by atoms with E-state index in [1.807, 2.05) is 0 Å². The summed E-state index contributed by atoms with van der Waals surface area (Å²) in [6, 6.07) is 6.92. The molecule has 0 saturated carbocycles. The summed E-state index contributed by atoms with van der Waals surface area (Å²) in [4.78, 5) is 25.4. The molecule has 94 valence electrons. The van der Waals surface area contributed by atoms with Crippen LogP contribution in [0.2, 0.25) is 0 Å². The zero-order chi connectivity index (χ0) is 13.1. The lowest BCUT2D eigenvalue weighted by atomic mass is 10.2. The van der Waals surface area contributed by atoms with E-state index in [2.05, 4.69) is 0 Å². The summed E-state index contributed by atoms with van der Waals surface area (Å²) in [6.45, 7) is 0. The fourth-order valence-electron chi connectivity index (χ4n) is 2.00. The van der Waals surface area contributed by atoms with Gasteiger partial charge in [-0.25, -0.2) is 0 Å². The van der Waals surface area contributed by atoms with E-state index in [-0.39, 0.29) is 16.8 Å². The van der Waals surface area contributed by atoms with E-state index < -0.39 is 0 Å². The standard InChI is InChI=1S/C13H14N2O2S/c14-13(18)9-4-3-5-10(8-9)15-11(16)6-1-2-7-12(15)17/h3-5,8H,1-2,6-7H2,(H2,14,18). The molecule has 1 aliphatic heterocycles. The number of rotatable bonds is 2. The molecule has 2 N–H and O–H groups in total. The Morgan fingerprint density at radius 2 is 1.78 bits per heavy atom. The minimum atomic E-state index is -0.155. The Morgan fingerprint density at radius 1 is 1.17 bits per heavy atom. The minimum absolute atomic E-state index is 0.155. The molecule has 0 unspecified atom stereocenters. The van der Waals surface area contributed by atoms with E-state index in [1.165, 1.54) is 4.90 Å². The highest BCUT2D eigenvalue weighted by Gasteiger charge is 2.25. The first-order chi connectivity index (χ1) is 8.59. The lowest BCUT2D eigenvalue weighted by molar-refractivity contribution is -0.125. The predicted molar refractivity (Wildman–Crippen MR) is 73.3 cm³/mol. The van der Waals surface area contributed by atoms with Crippen molar-refractivity contribution in [1.29, 1.82) is 0 Å². The van der Waals surface area contributed by atoms with Crippen LogP contribution in [0.15, 0.2) is 24.3 Å². The third kappa shape index (κ3) is 2.56. The number of nitrogens with two attached hydrogens (primary N) is 1. The second kappa shape index (κ2) is 5.27. The Labute approximate surface area is 111 Å². The maximum absolute atomic E-state index is 11.9. The number of hydrogen-bond donors (Lipinski definition) is 1. The van der Waals surface area contributed by atoms with Gasteiger partial charge < -0.3 is 5.73 Å². The van der Waals surface area contributed by atoms with Crippen molar-refractivity contribution in [3.63, 3.8) is 0 Å². The third-order valence-electron chi connectivity index (χ3n) is 2.92. The molecule has 2 rings (SSSR count). The number of imide groups is 1. The van der Waals surface area contributed by atoms with Crippen molar-refractivity contribution in [2.45, 2.75) is 25.7 Å². The maximum Gasteiger partial charge on any atom is 0.233 e. The fraction of sp³-hybridized carbons (Fsp3) is 0.308. The van der Waals surface area contributed by atoms with E-state index in [4.69, 9.17) is 18.0 Å². The fourth-order valence-corrected chi connectivity index (χ4v) is 2.13. The van der Waals surface area contributed by atoms with Crippen molar-refractivity contribution in [3.05, 3.63) is 29.8 Å². The SMILES string of the molecule is NC(=S)c1cccc(N2C(=O)CCCCC2=O)c1. The number of carbonyl (C=O) groups excluding carboxylic acids is 2. The second-order valence-electron chi connectivity index (χ2n) is 4.24. The van der Waals surface area contributed by atoms with Crippen LogP contribution in [-0.2, 0) is 9.59 Å². The number of amides is 2. The Hall–Kier alpha value is -1.75. The van der Waals surface area contributed by atoms with E-state index in [9.17, 15) is 9.59 Å². The van der Waals surface area contributed by atoms with Crippen molar-refractivity contribution < 1.29 is 9.59 Å². The van der Waals surface area contributed by atoms with Gasteiger partial charge in [0.1, 0.15) is 4.99 Å². The summed E-state index contributed by atoms with van der Waals surface area (Å²) in [7, 11) is 0. The van der Waals surface area contributed by atoms with Gasteiger partial charge in [-0.2, -0.15) is 0 Å². The molecule has 1 aliphatic rings. The van der Waals surface area contributed by atoms with Crippen molar-refractivity contribution in [2.24, 2.45) is 5.73 Å². The lowest BCUT2D eigenvalue weighted by Gasteiger charge is -2.19. The lowest BCUT2D eigenvalue weighted by Crippen LogP contribution is -2.35. The molecule has 1 aromatic carbocycles. The highest BCUT2D eigenvalue weighted by molar-refractivity contribution is 7.80. The Balaban J connectivity index is 2.39. The molecule has 0 spiro atoms. The van der Waals surface area contributed by atoms with Gasteiger partial charge in [-0.3, -0.25) is 14.5 Å². The van der Waals surface area contributed by atoms with Gasteiger partial charge in [0.25, 0.3) is 0 Å². The quantitative estimate of drug-likeness (QED) is 0.651. The van der Waals surface area contributed by atoms with Crippen LogP contribution in [0.5, 0.6) is 0 Å². The van der Waals surface area contributed by atoms with Gasteiger partial charge in [0.15, 0.2) is 0 Å². The topological polar surface area (TPSA) is 63.4 Å². The summed E-state index contributed by atoms with van der Waals surface area (Å²) in [5.41, 5.74) is 6.77. The minimum Gasteiger partial charge on any atom is -0.389 e. The normalized spacial score (nSPS) is 16.6. The van der Waals surface area contributed by atoms with E-state index in [0.717, 1.165) is 12.8 Å². The number of hydrogen-bond acceptors (Lipinski definition) is 3. The van der Waals surface area contributed by atoms with Crippen LogP contribution >= 0.6 is 12.2 Å². The monoisotopic (exact) mass is 262 g/mol. The number of carbonyl (C=O) groups is 2. The molecule has 0 radical (unpaired) electrons. The summed E-state index contributed by atoms with van der Waals surface area (Å²) in [6.07, 6.45) is 2.33. The average molecular weight is 262 g/mol. The highest BCUT2D eigenvalue weighted by Crippen LogP contribution is 2.22. The molecule has 0 bridgehead atoms. The molecule has 0 aliphatic carbocycles. The van der Waals surface area contributed by atoms with Gasteiger partial charge in [0.2, 0.25) is 11.8 Å². The molecule has 2 amide bonds. The first-order valence-corrected chi connectivity index (χ1v) is 6.26. The van der Waals surface area contributed by atoms with Gasteiger partial charge in [-0.1, -0.05) is 24.4 Å². The van der Waals surface area contributed by atoms with Crippen LogP contribution in [0.4, 0.5) is 5.69 Å². The number of anilines is 1. The van der Waals surface area contributed by atoms with Crippen LogP contribution in [0.25, 0.3) is 0 Å². The Morgan fingerprint density at radius 3 is 2.33 bits per heavy atom. The van der Waals surface area contributed by atoms with Gasteiger partial charge in [0.05, 0.1) is 5.69 Å². The summed E-state index contributed by atoms with van der Waals surface area (Å²) in [5, 5.41) is 0. The van der Waals surface area contributed by atoms with Crippen molar-refractivity contribution in [1.82, 2.24) is 0 Å². The third-order valence-corrected chi connectivity index (χ3v) is 3.15. The van der Waals surface area contributed by atoms with Gasteiger partial charge in [0, 0.05) is 18.4 Å². The summed E-state index contributed by atoms with van der Waals surface area (Å²) in [5.74, 6) is -0.310. The Kier molecular flexibility index (Phi) is 3.72. The molecular weight excluding hydrogens is 248 g/mol. The molecule has 1 aromatic rings. The van der Waals surface area contributed by atoms with Crippen molar-refractivity contribution in [2.75, 3.05) is 4.90 Å². The summed E-state index contributed by atoms with van der Waals surface area (Å²) < 4.78 is 0. The second-order valence-corrected chi connectivity index (χ2v) is 4.68. The summed E-state index contributed by atoms with van der Waals surface area (Å²) >= 11 is 4.90. The molecule has 0 atom stereocenters. The molecule has 0 aromatic heterocycles. The molecule has 5 heteroatoms. The van der Waals surface area contributed by atoms with Crippen LogP contribution in [0, 0.1) is 0 Å². The average Bonchev–Trinajstić information content (AvgIpc) is 2.51. The first-order valence-electron chi connectivity index (χ1n) is 5.85. The van der Waals surface area contributed by atoms with E-state index >= 15 is 0 Å². The zero-order valence-corrected chi connectivity index (χ0v) is 10.7. The highest BCUT2D eigenvalue weighted by atomic mass is 32.1. The molecular formula is C13H14N2O2S.